The van der Waals surface area contributed by atoms with Crippen molar-refractivity contribution in [3.05, 3.63) is 35.4 Å². The molecule has 0 heterocycles. The van der Waals surface area contributed by atoms with Gasteiger partial charge in [-0.25, -0.2) is 4.79 Å². The van der Waals surface area contributed by atoms with Crippen LogP contribution in [0.4, 0.5) is 4.79 Å². The van der Waals surface area contributed by atoms with Crippen molar-refractivity contribution in [3.63, 3.8) is 0 Å². The van der Waals surface area contributed by atoms with Gasteiger partial charge in [0, 0.05) is 32.6 Å². The Labute approximate surface area is 108 Å². The molecule has 4 heteroatoms. The summed E-state index contributed by atoms with van der Waals surface area (Å²) in [7, 11) is 3.40. The molecule has 0 saturated heterocycles. The highest BCUT2D eigenvalue weighted by molar-refractivity contribution is 5.73. The fourth-order valence-electron chi connectivity index (χ4n) is 1.32. The number of nitrogens with one attached hydrogen (secondary N) is 1. The smallest absolute Gasteiger partial charge is 0.317 e. The van der Waals surface area contributed by atoms with Crippen LogP contribution in [0.15, 0.2) is 24.3 Å². The number of amides is 2. The Balaban J connectivity index is 2.60. The third kappa shape index (κ3) is 4.89. The Bertz CT molecular complexity index is 458. The summed E-state index contributed by atoms with van der Waals surface area (Å²) in [6.45, 7) is 0.554. The van der Waals surface area contributed by atoms with Crippen LogP contribution in [0, 0.1) is 11.8 Å². The normalized spacial score (nSPS) is 9.28. The first-order valence-electron chi connectivity index (χ1n) is 5.77. The molecular weight excluding hydrogens is 228 g/mol. The predicted molar refractivity (Wildman–Crippen MR) is 70.9 cm³/mol. The lowest BCUT2D eigenvalue weighted by molar-refractivity contribution is 0.217. The maximum Gasteiger partial charge on any atom is 0.317 e. The third-order valence-electron chi connectivity index (χ3n) is 2.25. The first kappa shape index (κ1) is 14.1. The second-order valence-electron chi connectivity index (χ2n) is 4.03. The molecule has 0 fully saturated rings. The van der Waals surface area contributed by atoms with E-state index < -0.39 is 0 Å². The third-order valence-corrected chi connectivity index (χ3v) is 2.25. The standard InChI is InChI=1S/C14H18N2O2/c1-16(2)14(18)15-11-13-8-5-7-12(10-13)6-3-4-9-17/h5,7-8,10,17H,4,9,11H2,1-2H3,(H,15,18). The Morgan fingerprint density at radius 1 is 1.44 bits per heavy atom. The Kier molecular flexibility index (Phi) is 5.75. The lowest BCUT2D eigenvalue weighted by Crippen LogP contribution is -2.33. The quantitative estimate of drug-likeness (QED) is 0.787. The van der Waals surface area contributed by atoms with E-state index >= 15 is 0 Å². The molecule has 0 aliphatic heterocycles. The number of urea groups is 1. The Morgan fingerprint density at radius 3 is 2.89 bits per heavy atom. The maximum absolute atomic E-state index is 11.4. The summed E-state index contributed by atoms with van der Waals surface area (Å²) in [5, 5.41) is 11.4. The van der Waals surface area contributed by atoms with Crippen LogP contribution in [0.2, 0.25) is 0 Å². The summed E-state index contributed by atoms with van der Waals surface area (Å²) >= 11 is 0. The van der Waals surface area contributed by atoms with Gasteiger partial charge in [-0.1, -0.05) is 24.0 Å². The van der Waals surface area contributed by atoms with E-state index in [0.717, 1.165) is 11.1 Å². The molecule has 4 nitrogen and oxygen atoms in total. The monoisotopic (exact) mass is 246 g/mol. The van der Waals surface area contributed by atoms with Crippen molar-refractivity contribution >= 4 is 6.03 Å². The van der Waals surface area contributed by atoms with E-state index in [1.807, 2.05) is 24.3 Å². The van der Waals surface area contributed by atoms with E-state index in [1.54, 1.807) is 14.1 Å². The van der Waals surface area contributed by atoms with Crippen LogP contribution in [0.25, 0.3) is 0 Å². The molecule has 18 heavy (non-hydrogen) atoms. The van der Waals surface area contributed by atoms with Crippen molar-refractivity contribution < 1.29 is 9.90 Å². The summed E-state index contributed by atoms with van der Waals surface area (Å²) in [6.07, 6.45) is 0.474. The SMILES string of the molecule is CN(C)C(=O)NCc1cccc(C#CCCO)c1. The van der Waals surface area contributed by atoms with Gasteiger partial charge in [0.05, 0.1) is 6.61 Å². The summed E-state index contributed by atoms with van der Waals surface area (Å²) < 4.78 is 0. The Morgan fingerprint density at radius 2 is 2.22 bits per heavy atom. The van der Waals surface area contributed by atoms with Gasteiger partial charge >= 0.3 is 6.03 Å². The highest BCUT2D eigenvalue weighted by Crippen LogP contribution is 2.04. The average Bonchev–Trinajstić information content (AvgIpc) is 2.36. The minimum absolute atomic E-state index is 0.0750. The lowest BCUT2D eigenvalue weighted by atomic mass is 10.1. The van der Waals surface area contributed by atoms with Gasteiger partial charge in [-0.3, -0.25) is 0 Å². The van der Waals surface area contributed by atoms with E-state index in [1.165, 1.54) is 4.90 Å². The van der Waals surface area contributed by atoms with E-state index in [-0.39, 0.29) is 12.6 Å². The molecule has 2 amide bonds. The number of carbonyl (C=O) groups is 1. The van der Waals surface area contributed by atoms with Gasteiger partial charge in [0.15, 0.2) is 0 Å². The highest BCUT2D eigenvalue weighted by Gasteiger charge is 2.02. The van der Waals surface area contributed by atoms with Crippen LogP contribution in [0.3, 0.4) is 0 Å². The van der Waals surface area contributed by atoms with Gasteiger partial charge in [0.1, 0.15) is 0 Å². The number of aliphatic hydroxyl groups is 1. The second kappa shape index (κ2) is 7.36. The molecule has 0 saturated carbocycles. The number of hydrogen-bond donors (Lipinski definition) is 2. The number of benzene rings is 1. The zero-order valence-corrected chi connectivity index (χ0v) is 10.7. The Hall–Kier alpha value is -1.99. The van der Waals surface area contributed by atoms with Crippen LogP contribution in [-0.4, -0.2) is 36.7 Å². The topological polar surface area (TPSA) is 52.6 Å². The molecule has 1 rings (SSSR count). The molecule has 0 radical (unpaired) electrons. The minimum Gasteiger partial charge on any atom is -0.395 e. The summed E-state index contributed by atoms with van der Waals surface area (Å²) in [4.78, 5) is 12.9. The number of nitrogens with zero attached hydrogens (tertiary/aromatic N) is 1. The van der Waals surface area contributed by atoms with Gasteiger partial charge < -0.3 is 15.3 Å². The summed E-state index contributed by atoms with van der Waals surface area (Å²) in [5.41, 5.74) is 1.89. The fourth-order valence-corrected chi connectivity index (χ4v) is 1.32. The van der Waals surface area contributed by atoms with Crippen LogP contribution in [0.5, 0.6) is 0 Å². The average molecular weight is 246 g/mol. The number of rotatable bonds is 3. The van der Waals surface area contributed by atoms with Gasteiger partial charge in [-0.05, 0) is 17.7 Å². The zero-order chi connectivity index (χ0) is 13.4. The van der Waals surface area contributed by atoms with Crippen molar-refractivity contribution in [1.82, 2.24) is 10.2 Å². The molecule has 1 aromatic carbocycles. The fraction of sp³-hybridized carbons (Fsp3) is 0.357. The molecule has 1 aromatic rings. The molecule has 96 valence electrons. The van der Waals surface area contributed by atoms with Crippen LogP contribution < -0.4 is 5.32 Å². The maximum atomic E-state index is 11.4. The number of carbonyl (C=O) groups excluding carboxylic acids is 1. The molecule has 0 aromatic heterocycles. The minimum atomic E-state index is -0.119. The molecule has 0 aliphatic carbocycles. The van der Waals surface area contributed by atoms with Crippen molar-refractivity contribution in [2.24, 2.45) is 0 Å². The predicted octanol–water partition coefficient (Wildman–Crippen LogP) is 1.19. The largest absolute Gasteiger partial charge is 0.395 e. The van der Waals surface area contributed by atoms with Crippen molar-refractivity contribution in [2.45, 2.75) is 13.0 Å². The van der Waals surface area contributed by atoms with E-state index in [4.69, 9.17) is 5.11 Å². The van der Waals surface area contributed by atoms with Gasteiger partial charge in [-0.15, -0.1) is 0 Å². The van der Waals surface area contributed by atoms with Crippen LogP contribution >= 0.6 is 0 Å². The van der Waals surface area contributed by atoms with E-state index in [9.17, 15) is 4.79 Å². The van der Waals surface area contributed by atoms with Gasteiger partial charge in [0.25, 0.3) is 0 Å². The molecule has 0 atom stereocenters. The summed E-state index contributed by atoms with van der Waals surface area (Å²) in [6, 6.07) is 7.56. The van der Waals surface area contributed by atoms with E-state index in [2.05, 4.69) is 17.2 Å². The van der Waals surface area contributed by atoms with Crippen molar-refractivity contribution in [3.8, 4) is 11.8 Å². The molecule has 0 spiro atoms. The van der Waals surface area contributed by atoms with Crippen LogP contribution in [0.1, 0.15) is 17.5 Å². The van der Waals surface area contributed by atoms with E-state index in [0.29, 0.717) is 13.0 Å². The summed E-state index contributed by atoms with van der Waals surface area (Å²) in [5.74, 6) is 5.83. The molecular formula is C14H18N2O2. The first-order chi connectivity index (χ1) is 8.63. The molecule has 0 aliphatic rings. The second-order valence-corrected chi connectivity index (χ2v) is 4.03. The van der Waals surface area contributed by atoms with Gasteiger partial charge in [-0.2, -0.15) is 0 Å². The van der Waals surface area contributed by atoms with Crippen LogP contribution in [-0.2, 0) is 6.54 Å². The number of aliphatic hydroxyl groups excluding tert-OH is 1. The highest BCUT2D eigenvalue weighted by atomic mass is 16.2. The molecule has 0 unspecified atom stereocenters. The number of hydrogen-bond acceptors (Lipinski definition) is 2. The lowest BCUT2D eigenvalue weighted by Gasteiger charge is -2.11. The molecule has 0 bridgehead atoms. The first-order valence-corrected chi connectivity index (χ1v) is 5.77. The zero-order valence-electron chi connectivity index (χ0n) is 10.7. The van der Waals surface area contributed by atoms with Gasteiger partial charge in [0.2, 0.25) is 0 Å². The van der Waals surface area contributed by atoms with Crippen molar-refractivity contribution in [1.29, 1.82) is 0 Å². The van der Waals surface area contributed by atoms with Crippen molar-refractivity contribution in [2.75, 3.05) is 20.7 Å². The molecule has 2 N–H and O–H groups in total.